The third kappa shape index (κ3) is 3.56. The van der Waals surface area contributed by atoms with Crippen LogP contribution in [0.1, 0.15) is 17.5 Å². The molecule has 0 radical (unpaired) electrons. The number of aryl methyl sites for hydroxylation is 2. The van der Waals surface area contributed by atoms with Crippen LogP contribution in [0.15, 0.2) is 48.5 Å². The first-order valence-electron chi connectivity index (χ1n) is 8.05. The average molecular weight is 323 g/mol. The molecule has 0 aliphatic carbocycles. The lowest BCUT2D eigenvalue weighted by Crippen LogP contribution is -2.43. The molecule has 5 heteroatoms. The summed E-state index contributed by atoms with van der Waals surface area (Å²) in [6.45, 7) is 4.64. The molecule has 24 heavy (non-hydrogen) atoms. The van der Waals surface area contributed by atoms with Crippen molar-refractivity contribution in [3.63, 3.8) is 0 Å². The minimum atomic E-state index is -0.491. The maximum atomic E-state index is 12.6. The van der Waals surface area contributed by atoms with E-state index in [4.69, 9.17) is 0 Å². The van der Waals surface area contributed by atoms with Gasteiger partial charge in [0.2, 0.25) is 5.91 Å². The molecule has 3 amide bonds. The Labute approximate surface area is 141 Å². The summed E-state index contributed by atoms with van der Waals surface area (Å²) in [5, 5.41) is 5.51. The summed E-state index contributed by atoms with van der Waals surface area (Å²) in [6, 6.07) is 14.4. The van der Waals surface area contributed by atoms with Gasteiger partial charge in [0.1, 0.15) is 6.04 Å². The summed E-state index contributed by atoms with van der Waals surface area (Å²) < 4.78 is 0. The van der Waals surface area contributed by atoms with Crippen molar-refractivity contribution in [2.75, 3.05) is 16.8 Å². The third-order valence-electron chi connectivity index (χ3n) is 4.06. The van der Waals surface area contributed by atoms with E-state index in [9.17, 15) is 9.59 Å². The van der Waals surface area contributed by atoms with Crippen molar-refractivity contribution in [1.82, 2.24) is 5.32 Å². The summed E-state index contributed by atoms with van der Waals surface area (Å²) in [6.07, 6.45) is 0.605. The summed E-state index contributed by atoms with van der Waals surface area (Å²) >= 11 is 0. The van der Waals surface area contributed by atoms with Gasteiger partial charge in [-0.05, 0) is 55.7 Å². The minimum Gasteiger partial charge on any atom is -0.326 e. The Morgan fingerprint density at radius 1 is 1.08 bits per heavy atom. The highest BCUT2D eigenvalue weighted by Gasteiger charge is 2.33. The second kappa shape index (κ2) is 6.74. The molecule has 1 unspecified atom stereocenters. The number of rotatable bonds is 3. The van der Waals surface area contributed by atoms with E-state index in [-0.39, 0.29) is 11.9 Å². The van der Waals surface area contributed by atoms with Crippen molar-refractivity contribution in [3.05, 3.63) is 59.7 Å². The Bertz CT molecular complexity index is 738. The van der Waals surface area contributed by atoms with E-state index in [2.05, 4.69) is 16.7 Å². The second-order valence-electron chi connectivity index (χ2n) is 6.14. The van der Waals surface area contributed by atoms with Gasteiger partial charge < -0.3 is 15.5 Å². The Balaban J connectivity index is 1.64. The van der Waals surface area contributed by atoms with Gasteiger partial charge in [0, 0.05) is 17.9 Å². The van der Waals surface area contributed by atoms with Gasteiger partial charge in [0.25, 0.3) is 0 Å². The highest BCUT2D eigenvalue weighted by Crippen LogP contribution is 2.24. The van der Waals surface area contributed by atoms with Crippen molar-refractivity contribution in [2.45, 2.75) is 26.3 Å². The molecule has 1 heterocycles. The predicted molar refractivity (Wildman–Crippen MR) is 95.3 cm³/mol. The Kier molecular flexibility index (Phi) is 4.51. The van der Waals surface area contributed by atoms with Gasteiger partial charge in [-0.15, -0.1) is 0 Å². The van der Waals surface area contributed by atoms with Crippen molar-refractivity contribution in [1.29, 1.82) is 0 Å². The number of anilines is 2. The zero-order valence-corrected chi connectivity index (χ0v) is 13.9. The molecule has 1 atom stereocenters. The smallest absolute Gasteiger partial charge is 0.319 e. The summed E-state index contributed by atoms with van der Waals surface area (Å²) in [4.78, 5) is 26.4. The van der Waals surface area contributed by atoms with Crippen molar-refractivity contribution in [3.8, 4) is 0 Å². The second-order valence-corrected chi connectivity index (χ2v) is 6.14. The number of carbonyl (C=O) groups is 2. The molecular weight excluding hydrogens is 302 g/mol. The highest BCUT2D eigenvalue weighted by atomic mass is 16.2. The van der Waals surface area contributed by atoms with E-state index in [1.807, 2.05) is 44.2 Å². The topological polar surface area (TPSA) is 61.4 Å². The van der Waals surface area contributed by atoms with Crippen LogP contribution in [-0.2, 0) is 4.79 Å². The molecule has 3 rings (SSSR count). The van der Waals surface area contributed by atoms with E-state index < -0.39 is 6.04 Å². The summed E-state index contributed by atoms with van der Waals surface area (Å²) in [5.74, 6) is -0.0665. The van der Waals surface area contributed by atoms with Crippen LogP contribution >= 0.6 is 0 Å². The van der Waals surface area contributed by atoms with E-state index in [1.165, 1.54) is 0 Å². The predicted octanol–water partition coefficient (Wildman–Crippen LogP) is 3.23. The molecule has 0 aromatic heterocycles. The average Bonchev–Trinajstić information content (AvgIpc) is 2.88. The molecule has 1 aliphatic rings. The van der Waals surface area contributed by atoms with E-state index in [1.54, 1.807) is 17.0 Å². The first-order valence-corrected chi connectivity index (χ1v) is 8.05. The molecule has 2 N–H and O–H groups in total. The maximum absolute atomic E-state index is 12.6. The van der Waals surface area contributed by atoms with Crippen molar-refractivity contribution in [2.24, 2.45) is 0 Å². The van der Waals surface area contributed by atoms with E-state index >= 15 is 0 Å². The molecule has 5 nitrogen and oxygen atoms in total. The standard InChI is InChI=1S/C19H21N3O2/c1-13-10-14(2)12-16(11-13)22-9-8-17(18(22)23)21-19(24)20-15-6-4-3-5-7-15/h3-7,10-12,17H,8-9H2,1-2H3,(H2,20,21,24). The van der Waals surface area contributed by atoms with Gasteiger partial charge in [0.05, 0.1) is 0 Å². The van der Waals surface area contributed by atoms with Crippen LogP contribution in [0, 0.1) is 13.8 Å². The Hall–Kier alpha value is -2.82. The Morgan fingerprint density at radius 3 is 2.42 bits per heavy atom. The number of carbonyl (C=O) groups excluding carboxylic acids is 2. The lowest BCUT2D eigenvalue weighted by molar-refractivity contribution is -0.118. The van der Waals surface area contributed by atoms with E-state index in [0.29, 0.717) is 18.7 Å². The molecular formula is C19H21N3O2. The van der Waals surface area contributed by atoms with Gasteiger partial charge in [-0.25, -0.2) is 4.79 Å². The molecule has 2 aromatic rings. The molecule has 0 spiro atoms. The fourth-order valence-corrected chi connectivity index (χ4v) is 3.02. The number of amides is 3. The lowest BCUT2D eigenvalue weighted by Gasteiger charge is -2.18. The van der Waals surface area contributed by atoms with Crippen LogP contribution in [0.5, 0.6) is 0 Å². The fourth-order valence-electron chi connectivity index (χ4n) is 3.02. The van der Waals surface area contributed by atoms with Gasteiger partial charge >= 0.3 is 6.03 Å². The number of hydrogen-bond donors (Lipinski definition) is 2. The van der Waals surface area contributed by atoms with Crippen molar-refractivity contribution >= 4 is 23.3 Å². The Morgan fingerprint density at radius 2 is 1.75 bits per heavy atom. The number of nitrogens with zero attached hydrogens (tertiary/aromatic N) is 1. The minimum absolute atomic E-state index is 0.0665. The lowest BCUT2D eigenvalue weighted by atomic mass is 10.1. The van der Waals surface area contributed by atoms with E-state index in [0.717, 1.165) is 16.8 Å². The number of benzene rings is 2. The highest BCUT2D eigenvalue weighted by molar-refractivity contribution is 6.02. The maximum Gasteiger partial charge on any atom is 0.319 e. The zero-order valence-electron chi connectivity index (χ0n) is 13.9. The zero-order chi connectivity index (χ0) is 17.1. The fraction of sp³-hybridized carbons (Fsp3) is 0.263. The molecule has 124 valence electrons. The molecule has 1 aliphatic heterocycles. The first kappa shape index (κ1) is 16.1. The number of urea groups is 1. The molecule has 1 saturated heterocycles. The summed E-state index contributed by atoms with van der Waals surface area (Å²) in [7, 11) is 0. The molecule has 0 saturated carbocycles. The van der Waals surface area contributed by atoms with Crippen LogP contribution in [0.25, 0.3) is 0 Å². The first-order chi connectivity index (χ1) is 11.5. The van der Waals surface area contributed by atoms with Gasteiger partial charge in [-0.1, -0.05) is 24.3 Å². The molecule has 2 aromatic carbocycles. The monoisotopic (exact) mass is 323 g/mol. The van der Waals surface area contributed by atoms with Crippen LogP contribution in [-0.4, -0.2) is 24.5 Å². The van der Waals surface area contributed by atoms with Gasteiger partial charge in [-0.3, -0.25) is 4.79 Å². The van der Waals surface area contributed by atoms with Crippen LogP contribution < -0.4 is 15.5 Å². The third-order valence-corrected chi connectivity index (χ3v) is 4.06. The number of nitrogens with one attached hydrogen (secondary N) is 2. The van der Waals surface area contributed by atoms with Gasteiger partial charge in [-0.2, -0.15) is 0 Å². The summed E-state index contributed by atoms with van der Waals surface area (Å²) in [5.41, 5.74) is 3.84. The van der Waals surface area contributed by atoms with Crippen LogP contribution in [0.4, 0.5) is 16.2 Å². The molecule has 1 fully saturated rings. The van der Waals surface area contributed by atoms with Crippen molar-refractivity contribution < 1.29 is 9.59 Å². The van der Waals surface area contributed by atoms with Gasteiger partial charge in [0.15, 0.2) is 0 Å². The normalized spacial score (nSPS) is 17.0. The number of para-hydroxylation sites is 1. The van der Waals surface area contributed by atoms with Crippen LogP contribution in [0.2, 0.25) is 0 Å². The van der Waals surface area contributed by atoms with Crippen LogP contribution in [0.3, 0.4) is 0 Å². The largest absolute Gasteiger partial charge is 0.326 e. The quantitative estimate of drug-likeness (QED) is 0.911. The SMILES string of the molecule is Cc1cc(C)cc(N2CCC(NC(=O)Nc3ccccc3)C2=O)c1. The number of hydrogen-bond acceptors (Lipinski definition) is 2. The molecule has 0 bridgehead atoms.